The van der Waals surface area contributed by atoms with Crippen molar-refractivity contribution in [2.45, 2.75) is 79.6 Å². The third-order valence-electron chi connectivity index (χ3n) is 9.08. The molecule has 0 saturated heterocycles. The second-order valence-electron chi connectivity index (χ2n) is 14.8. The number of ether oxygens (including phenoxy) is 2. The van der Waals surface area contributed by atoms with Crippen LogP contribution in [0.5, 0.6) is 23.3 Å². The van der Waals surface area contributed by atoms with Crippen molar-refractivity contribution < 1.29 is 35.1 Å². The number of hydrogen-bond donors (Lipinski definition) is 2. The van der Waals surface area contributed by atoms with E-state index in [-0.39, 0.29) is 23.1 Å². The van der Waals surface area contributed by atoms with Gasteiger partial charge < -0.3 is 15.2 Å². The minimum Gasteiger partial charge on any atom is -0.439 e. The van der Waals surface area contributed by atoms with Gasteiger partial charge in [0, 0.05) is 52.6 Å². The number of hydrogen-bond acceptors (Lipinski definition) is 9. The molecular formula is C44H53ClF2N6O6S2. The molecule has 328 valence electrons. The zero-order chi connectivity index (χ0) is 45.2. The van der Waals surface area contributed by atoms with Crippen molar-refractivity contribution in [2.24, 2.45) is 5.73 Å². The molecule has 6 rings (SSSR count). The van der Waals surface area contributed by atoms with Gasteiger partial charge in [-0.1, -0.05) is 43.3 Å². The van der Waals surface area contributed by atoms with Crippen LogP contribution in [-0.4, -0.2) is 47.9 Å². The zero-order valence-electron chi connectivity index (χ0n) is 35.5. The van der Waals surface area contributed by atoms with Gasteiger partial charge in [0.25, 0.3) is 0 Å². The fourth-order valence-corrected chi connectivity index (χ4v) is 6.65. The van der Waals surface area contributed by atoms with Crippen LogP contribution in [-0.2, 0) is 43.2 Å². The lowest BCUT2D eigenvalue weighted by molar-refractivity contribution is 0.416. The fourth-order valence-electron chi connectivity index (χ4n) is 5.61. The molecule has 0 unspecified atom stereocenters. The first-order valence-electron chi connectivity index (χ1n) is 19.5. The number of nitrogens with two attached hydrogens (primary N) is 1. The Kier molecular flexibility index (Phi) is 16.4. The molecule has 3 N–H and O–H groups in total. The fraction of sp³-hybridized carbons (Fsp3) is 0.318. The molecule has 0 fully saturated rings. The maximum absolute atomic E-state index is 13.1. The van der Waals surface area contributed by atoms with Crippen LogP contribution in [0.25, 0.3) is 22.5 Å². The molecule has 0 atom stereocenters. The third kappa shape index (κ3) is 14.5. The molecule has 0 aliphatic heterocycles. The Morgan fingerprint density at radius 1 is 0.639 bits per heavy atom. The summed E-state index contributed by atoms with van der Waals surface area (Å²) in [6.45, 7) is 15.9. The maximum atomic E-state index is 13.1. The summed E-state index contributed by atoms with van der Waals surface area (Å²) in [5.41, 5.74) is 10.2. The first-order chi connectivity index (χ1) is 28.6. The highest BCUT2D eigenvalue weighted by Gasteiger charge is 2.26. The van der Waals surface area contributed by atoms with E-state index in [1.165, 1.54) is 31.2 Å². The second kappa shape index (κ2) is 20.6. The highest BCUT2D eigenvalue weighted by Crippen LogP contribution is 2.32. The van der Waals surface area contributed by atoms with Gasteiger partial charge in [0.15, 0.2) is 0 Å². The normalized spacial score (nSPS) is 11.9. The Bertz CT molecular complexity index is 2590. The highest BCUT2D eigenvalue weighted by atomic mass is 35.7. The van der Waals surface area contributed by atoms with Gasteiger partial charge in [-0.05, 0) is 120 Å². The minimum absolute atomic E-state index is 0.00849. The summed E-state index contributed by atoms with van der Waals surface area (Å²) in [5, 5.41) is 9.22. The lowest BCUT2D eigenvalue weighted by atomic mass is 9.93. The molecule has 0 saturated carbocycles. The van der Waals surface area contributed by atoms with Crippen molar-refractivity contribution in [3.8, 4) is 45.8 Å². The summed E-state index contributed by atoms with van der Waals surface area (Å²) in [7, 11) is -1.86. The number of nitrogens with one attached hydrogen (secondary N) is 1. The molecule has 17 heteroatoms. The van der Waals surface area contributed by atoms with Crippen LogP contribution in [0, 0.1) is 11.6 Å². The first-order valence-corrected chi connectivity index (χ1v) is 23.7. The number of sulfonamides is 1. The molecule has 0 radical (unpaired) electrons. The lowest BCUT2D eigenvalue weighted by Crippen LogP contribution is -2.41. The van der Waals surface area contributed by atoms with Crippen molar-refractivity contribution in [3.63, 3.8) is 0 Å². The standard InChI is InChI=1S/C22H26FN3O3S.C20H22FN3O.C2H5ClO2S/c1-5-26-21(29-19-12-10-18(23)11-13-19)15-20(24-26)16-8-7-9-17(14-16)22(3,4)25-30(27,28)6-2;1-4-24-19(25-17-10-8-16(21)9-11-17)13-18(23-24)14-6-5-7-15(12-14)20(2,3)22;1-2-6(3,4)5/h7-15,25H,5-6H2,1-4H3;5-13H,4,22H2,1-3H3;2H2,1H3. The number of rotatable bonds is 14. The van der Waals surface area contributed by atoms with E-state index < -0.39 is 30.2 Å². The quantitative estimate of drug-likeness (QED) is 0.101. The molecule has 0 amide bonds. The SMILES string of the molecule is CCS(=O)(=O)Cl.CCn1nc(-c2cccc(C(C)(C)N)c2)cc1Oc1ccc(F)cc1.CCn1nc(-c2cccc(C(C)(C)NS(=O)(=O)CC)c2)cc1Oc1ccc(F)cc1. The van der Waals surface area contributed by atoms with E-state index >= 15 is 0 Å². The van der Waals surface area contributed by atoms with Gasteiger partial charge in [0.1, 0.15) is 23.1 Å². The molecule has 2 aromatic heterocycles. The van der Waals surface area contributed by atoms with E-state index in [1.807, 2.05) is 102 Å². The van der Waals surface area contributed by atoms with E-state index in [1.54, 1.807) is 40.6 Å². The van der Waals surface area contributed by atoms with Crippen molar-refractivity contribution in [1.29, 1.82) is 0 Å². The zero-order valence-corrected chi connectivity index (χ0v) is 37.9. The van der Waals surface area contributed by atoms with Crippen LogP contribution >= 0.6 is 10.7 Å². The molecule has 0 aliphatic rings. The van der Waals surface area contributed by atoms with Crippen LogP contribution in [0.2, 0.25) is 0 Å². The van der Waals surface area contributed by atoms with Gasteiger partial charge >= 0.3 is 0 Å². The summed E-state index contributed by atoms with van der Waals surface area (Å²) in [6, 6.07) is 31.1. The van der Waals surface area contributed by atoms with Crippen molar-refractivity contribution >= 4 is 29.8 Å². The van der Waals surface area contributed by atoms with Gasteiger partial charge in [0.2, 0.25) is 30.8 Å². The number of benzene rings is 4. The van der Waals surface area contributed by atoms with E-state index in [9.17, 15) is 25.6 Å². The number of aromatic nitrogens is 4. The minimum atomic E-state index is -3.36. The predicted molar refractivity (Wildman–Crippen MR) is 238 cm³/mol. The number of halogens is 3. The van der Waals surface area contributed by atoms with E-state index in [2.05, 4.69) is 25.6 Å². The van der Waals surface area contributed by atoms with Gasteiger partial charge in [-0.3, -0.25) is 0 Å². The smallest absolute Gasteiger partial charge is 0.232 e. The molecule has 0 bridgehead atoms. The lowest BCUT2D eigenvalue weighted by Gasteiger charge is -2.26. The Balaban J connectivity index is 0.000000240. The molecular weight excluding hydrogens is 846 g/mol. The molecule has 0 spiro atoms. The molecule has 12 nitrogen and oxygen atoms in total. The Morgan fingerprint density at radius 3 is 1.39 bits per heavy atom. The molecule has 2 heterocycles. The van der Waals surface area contributed by atoms with E-state index in [4.69, 9.17) is 15.2 Å². The van der Waals surface area contributed by atoms with Crippen molar-refractivity contribution in [1.82, 2.24) is 24.3 Å². The Hall–Kier alpha value is -5.13. The first kappa shape index (κ1) is 48.5. The van der Waals surface area contributed by atoms with Gasteiger partial charge in [-0.2, -0.15) is 10.2 Å². The summed E-state index contributed by atoms with van der Waals surface area (Å²) < 4.78 is 87.8. The van der Waals surface area contributed by atoms with Gasteiger partial charge in [-0.25, -0.2) is 39.7 Å². The number of nitrogens with zero attached hydrogens (tertiary/aromatic N) is 4. The van der Waals surface area contributed by atoms with Crippen LogP contribution in [0.1, 0.15) is 66.5 Å². The second-order valence-corrected chi connectivity index (χ2v) is 19.9. The highest BCUT2D eigenvalue weighted by molar-refractivity contribution is 8.13. The Morgan fingerprint density at radius 2 is 1.03 bits per heavy atom. The maximum Gasteiger partial charge on any atom is 0.232 e. The largest absolute Gasteiger partial charge is 0.439 e. The average molecular weight is 900 g/mol. The average Bonchev–Trinajstić information content (AvgIpc) is 3.83. The van der Waals surface area contributed by atoms with Crippen molar-refractivity contribution in [2.75, 3.05) is 11.5 Å². The summed E-state index contributed by atoms with van der Waals surface area (Å²) in [6.07, 6.45) is 0. The Labute approximate surface area is 362 Å². The summed E-state index contributed by atoms with van der Waals surface area (Å²) >= 11 is 0. The van der Waals surface area contributed by atoms with Gasteiger partial charge in [-0.15, -0.1) is 0 Å². The van der Waals surface area contributed by atoms with Gasteiger partial charge in [0.05, 0.1) is 28.4 Å². The van der Waals surface area contributed by atoms with Crippen LogP contribution in [0.4, 0.5) is 8.78 Å². The molecule has 6 aromatic rings. The van der Waals surface area contributed by atoms with E-state index in [0.29, 0.717) is 42.0 Å². The van der Waals surface area contributed by atoms with Crippen molar-refractivity contribution in [3.05, 3.63) is 132 Å². The molecule has 0 aliphatic carbocycles. The summed E-state index contributed by atoms with van der Waals surface area (Å²) in [4.78, 5) is 0. The topological polar surface area (TPSA) is 160 Å². The summed E-state index contributed by atoms with van der Waals surface area (Å²) in [5.74, 6) is 1.64. The van der Waals surface area contributed by atoms with Crippen LogP contribution < -0.4 is 19.9 Å². The number of aryl methyl sites for hydroxylation is 2. The van der Waals surface area contributed by atoms with E-state index in [0.717, 1.165) is 27.9 Å². The monoisotopic (exact) mass is 898 g/mol. The van der Waals surface area contributed by atoms with Crippen LogP contribution in [0.3, 0.4) is 0 Å². The predicted octanol–water partition coefficient (Wildman–Crippen LogP) is 9.95. The molecule has 4 aromatic carbocycles. The third-order valence-corrected chi connectivity index (χ3v) is 12.0. The molecule has 61 heavy (non-hydrogen) atoms. The van der Waals surface area contributed by atoms with Crippen LogP contribution in [0.15, 0.2) is 109 Å².